The highest BCUT2D eigenvalue weighted by molar-refractivity contribution is 5.59. The van der Waals surface area contributed by atoms with Gasteiger partial charge in [-0.05, 0) is 38.0 Å². The molecular formula is C16H26N2O3. The van der Waals surface area contributed by atoms with Crippen LogP contribution in [0.2, 0.25) is 0 Å². The lowest BCUT2D eigenvalue weighted by Crippen LogP contribution is -2.31. The molecule has 21 heavy (non-hydrogen) atoms. The summed E-state index contributed by atoms with van der Waals surface area (Å²) in [7, 11) is 0. The maximum Gasteiger partial charge on any atom is 0.142 e. The highest BCUT2D eigenvalue weighted by atomic mass is 16.5. The summed E-state index contributed by atoms with van der Waals surface area (Å²) in [5, 5.41) is 15.4. The first-order valence-electron chi connectivity index (χ1n) is 7.64. The number of hydrogen-bond acceptors (Lipinski definition) is 5. The van der Waals surface area contributed by atoms with Crippen LogP contribution < -0.4 is 15.4 Å². The number of fused-ring (bicyclic) bond motifs is 1. The molecule has 0 radical (unpaired) electrons. The van der Waals surface area contributed by atoms with Gasteiger partial charge in [0.15, 0.2) is 0 Å². The van der Waals surface area contributed by atoms with Crippen molar-refractivity contribution in [2.75, 3.05) is 38.2 Å². The van der Waals surface area contributed by atoms with Crippen LogP contribution in [0.25, 0.3) is 0 Å². The van der Waals surface area contributed by atoms with E-state index in [1.54, 1.807) is 0 Å². The number of rotatable bonds is 8. The molecule has 0 fully saturated rings. The number of aliphatic hydroxyl groups excluding tert-OH is 1. The highest BCUT2D eigenvalue weighted by Crippen LogP contribution is 2.30. The van der Waals surface area contributed by atoms with Crippen LogP contribution in [-0.2, 0) is 11.2 Å². The normalized spacial score (nSPS) is 18.5. The smallest absolute Gasteiger partial charge is 0.142 e. The summed E-state index contributed by atoms with van der Waals surface area (Å²) in [5.41, 5.74) is 2.37. The van der Waals surface area contributed by atoms with E-state index in [9.17, 15) is 0 Å². The molecule has 5 nitrogen and oxygen atoms in total. The van der Waals surface area contributed by atoms with Crippen molar-refractivity contribution >= 4 is 5.69 Å². The maximum absolute atomic E-state index is 8.62. The average Bonchev–Trinajstić information content (AvgIpc) is 2.47. The van der Waals surface area contributed by atoms with Gasteiger partial charge in [0.1, 0.15) is 11.9 Å². The number of nitrogens with one attached hydrogen (secondary N) is 2. The van der Waals surface area contributed by atoms with Gasteiger partial charge in [0.05, 0.1) is 32.1 Å². The molecule has 1 aliphatic heterocycles. The predicted molar refractivity (Wildman–Crippen MR) is 84.1 cm³/mol. The van der Waals surface area contributed by atoms with Crippen LogP contribution in [0.4, 0.5) is 5.69 Å². The zero-order chi connectivity index (χ0) is 15.1. The van der Waals surface area contributed by atoms with Gasteiger partial charge in [-0.25, -0.2) is 0 Å². The number of aliphatic hydroxyl groups is 1. The Hall–Kier alpha value is -1.30. The summed E-state index contributed by atoms with van der Waals surface area (Å²) in [6.45, 7) is 7.00. The first kappa shape index (κ1) is 16.1. The van der Waals surface area contributed by atoms with E-state index >= 15 is 0 Å². The zero-order valence-corrected chi connectivity index (χ0v) is 12.9. The number of anilines is 1. The molecule has 1 aromatic rings. The second-order valence-electron chi connectivity index (χ2n) is 5.54. The van der Waals surface area contributed by atoms with Crippen molar-refractivity contribution in [1.29, 1.82) is 0 Å². The number of benzene rings is 1. The average molecular weight is 294 g/mol. The topological polar surface area (TPSA) is 62.8 Å². The third kappa shape index (κ3) is 5.19. The van der Waals surface area contributed by atoms with E-state index in [0.717, 1.165) is 30.9 Å². The second kappa shape index (κ2) is 8.22. The molecule has 118 valence electrons. The van der Waals surface area contributed by atoms with Crippen LogP contribution in [-0.4, -0.2) is 50.2 Å². The largest absolute Gasteiger partial charge is 0.487 e. The van der Waals surface area contributed by atoms with E-state index in [2.05, 4.69) is 36.6 Å². The lowest BCUT2D eigenvalue weighted by molar-refractivity contribution is 0.0928. The summed E-state index contributed by atoms with van der Waals surface area (Å²) in [6.07, 6.45) is 1.19. The van der Waals surface area contributed by atoms with Gasteiger partial charge in [-0.15, -0.1) is 0 Å². The van der Waals surface area contributed by atoms with E-state index < -0.39 is 0 Å². The van der Waals surface area contributed by atoms with E-state index in [-0.39, 0.29) is 12.7 Å². The Morgan fingerprint density at radius 3 is 3.14 bits per heavy atom. The molecule has 5 heteroatoms. The monoisotopic (exact) mass is 294 g/mol. The maximum atomic E-state index is 8.62. The minimum Gasteiger partial charge on any atom is -0.487 e. The summed E-state index contributed by atoms with van der Waals surface area (Å²) in [5.74, 6) is 0.940. The molecule has 0 saturated heterocycles. The Morgan fingerprint density at radius 1 is 1.48 bits per heavy atom. The summed E-state index contributed by atoms with van der Waals surface area (Å²) >= 11 is 0. The van der Waals surface area contributed by atoms with Crippen LogP contribution >= 0.6 is 0 Å². The van der Waals surface area contributed by atoms with E-state index in [0.29, 0.717) is 19.3 Å². The highest BCUT2D eigenvalue weighted by Gasteiger charge is 2.15. The SMILES string of the molecule is CC(Cc1ccc2c(c1)NCC(C)O2)NCCOCCO. The van der Waals surface area contributed by atoms with Crippen molar-refractivity contribution in [3.8, 4) is 5.75 Å². The van der Waals surface area contributed by atoms with Crippen molar-refractivity contribution in [3.05, 3.63) is 23.8 Å². The van der Waals surface area contributed by atoms with Crippen molar-refractivity contribution in [3.63, 3.8) is 0 Å². The van der Waals surface area contributed by atoms with Crippen LogP contribution in [0.15, 0.2) is 18.2 Å². The van der Waals surface area contributed by atoms with Gasteiger partial charge in [-0.3, -0.25) is 0 Å². The summed E-state index contributed by atoms with van der Waals surface area (Å²) < 4.78 is 11.0. The van der Waals surface area contributed by atoms with E-state index in [1.807, 2.05) is 6.07 Å². The van der Waals surface area contributed by atoms with Gasteiger partial charge in [0.2, 0.25) is 0 Å². The van der Waals surface area contributed by atoms with Crippen molar-refractivity contribution < 1.29 is 14.6 Å². The van der Waals surface area contributed by atoms with Gasteiger partial charge in [0.25, 0.3) is 0 Å². The predicted octanol–water partition coefficient (Wildman–Crippen LogP) is 1.41. The Labute approximate surface area is 126 Å². The van der Waals surface area contributed by atoms with Gasteiger partial charge >= 0.3 is 0 Å². The fraction of sp³-hybridized carbons (Fsp3) is 0.625. The summed E-state index contributed by atoms with van der Waals surface area (Å²) in [6, 6.07) is 6.72. The molecule has 1 aliphatic rings. The second-order valence-corrected chi connectivity index (χ2v) is 5.54. The molecule has 0 saturated carbocycles. The molecule has 3 N–H and O–H groups in total. The molecule has 0 spiro atoms. The lowest BCUT2D eigenvalue weighted by Gasteiger charge is -2.25. The van der Waals surface area contributed by atoms with E-state index in [1.165, 1.54) is 5.56 Å². The summed E-state index contributed by atoms with van der Waals surface area (Å²) in [4.78, 5) is 0. The number of hydrogen-bond donors (Lipinski definition) is 3. The Kier molecular flexibility index (Phi) is 6.29. The molecule has 2 rings (SSSR count). The Morgan fingerprint density at radius 2 is 2.33 bits per heavy atom. The van der Waals surface area contributed by atoms with Crippen molar-refractivity contribution in [2.45, 2.75) is 32.4 Å². The lowest BCUT2D eigenvalue weighted by atomic mass is 10.1. The number of ether oxygens (including phenoxy) is 2. The Bertz CT molecular complexity index is 440. The van der Waals surface area contributed by atoms with Gasteiger partial charge in [0, 0.05) is 12.6 Å². The molecule has 2 atom stereocenters. The van der Waals surface area contributed by atoms with Crippen LogP contribution in [0.5, 0.6) is 5.75 Å². The minimum atomic E-state index is 0.0817. The van der Waals surface area contributed by atoms with Gasteiger partial charge in [-0.2, -0.15) is 0 Å². The third-order valence-corrected chi connectivity index (χ3v) is 3.47. The van der Waals surface area contributed by atoms with E-state index in [4.69, 9.17) is 14.6 Å². The van der Waals surface area contributed by atoms with Gasteiger partial charge < -0.3 is 25.2 Å². The third-order valence-electron chi connectivity index (χ3n) is 3.47. The molecule has 0 amide bonds. The fourth-order valence-corrected chi connectivity index (χ4v) is 2.43. The molecule has 2 unspecified atom stereocenters. The Balaban J connectivity index is 1.77. The zero-order valence-electron chi connectivity index (χ0n) is 12.9. The van der Waals surface area contributed by atoms with Crippen LogP contribution in [0.1, 0.15) is 19.4 Å². The van der Waals surface area contributed by atoms with Gasteiger partial charge in [-0.1, -0.05) is 6.07 Å². The molecule has 1 heterocycles. The first-order valence-corrected chi connectivity index (χ1v) is 7.64. The quantitative estimate of drug-likeness (QED) is 0.633. The van der Waals surface area contributed by atoms with Crippen LogP contribution in [0, 0.1) is 0 Å². The molecule has 0 bridgehead atoms. The van der Waals surface area contributed by atoms with Crippen LogP contribution in [0.3, 0.4) is 0 Å². The molecule has 0 aromatic heterocycles. The minimum absolute atomic E-state index is 0.0817. The molecule has 1 aromatic carbocycles. The van der Waals surface area contributed by atoms with Crippen molar-refractivity contribution in [1.82, 2.24) is 5.32 Å². The first-order chi connectivity index (χ1) is 10.2. The molecule has 0 aliphatic carbocycles. The van der Waals surface area contributed by atoms with Crippen molar-refractivity contribution in [2.24, 2.45) is 0 Å². The standard InChI is InChI=1S/C16H26N2O3/c1-12(17-5-7-20-8-6-19)9-14-3-4-16-15(10-14)18-11-13(2)21-16/h3-4,10,12-13,17-19H,5-9,11H2,1-2H3. The fourth-order valence-electron chi connectivity index (χ4n) is 2.43. The molecular weight excluding hydrogens is 268 g/mol.